The van der Waals surface area contributed by atoms with Gasteiger partial charge in [0.1, 0.15) is 19.0 Å². The molecular weight excluding hydrogens is 309 g/mol. The zero-order chi connectivity index (χ0) is 15.5. The van der Waals surface area contributed by atoms with Gasteiger partial charge in [0.2, 0.25) is 5.91 Å². The summed E-state index contributed by atoms with van der Waals surface area (Å²) in [5.41, 5.74) is 0.737. The molecular formula is C16H13ClFNO3. The van der Waals surface area contributed by atoms with Gasteiger partial charge in [-0.15, -0.1) is 0 Å². The molecule has 3 rings (SSSR count). The molecule has 0 saturated heterocycles. The molecule has 1 amide bonds. The number of hydrogen-bond donors (Lipinski definition) is 1. The Labute approximate surface area is 131 Å². The number of fused-ring (bicyclic) bond motifs is 1. The summed E-state index contributed by atoms with van der Waals surface area (Å²) in [6, 6.07) is 9.43. The van der Waals surface area contributed by atoms with Crippen LogP contribution in [0, 0.1) is 5.82 Å². The van der Waals surface area contributed by atoms with Crippen molar-refractivity contribution in [2.75, 3.05) is 18.5 Å². The van der Waals surface area contributed by atoms with Gasteiger partial charge in [-0.25, -0.2) is 4.39 Å². The maximum Gasteiger partial charge on any atom is 0.228 e. The van der Waals surface area contributed by atoms with Gasteiger partial charge in [-0.3, -0.25) is 4.79 Å². The van der Waals surface area contributed by atoms with Gasteiger partial charge in [-0.2, -0.15) is 0 Å². The van der Waals surface area contributed by atoms with Gasteiger partial charge in [-0.1, -0.05) is 17.7 Å². The Bertz CT molecular complexity index is 700. The molecule has 6 heteroatoms. The minimum absolute atomic E-state index is 0.139. The van der Waals surface area contributed by atoms with Crippen molar-refractivity contribution in [3.8, 4) is 11.5 Å². The first-order valence-corrected chi connectivity index (χ1v) is 7.13. The average Bonchev–Trinajstić information content (AvgIpc) is 2.51. The van der Waals surface area contributed by atoms with Crippen LogP contribution in [-0.2, 0) is 11.2 Å². The average molecular weight is 322 g/mol. The van der Waals surface area contributed by atoms with Crippen molar-refractivity contribution in [3.63, 3.8) is 0 Å². The van der Waals surface area contributed by atoms with E-state index in [2.05, 4.69) is 5.32 Å². The predicted octanol–water partition coefficient (Wildman–Crippen LogP) is 3.43. The third-order valence-electron chi connectivity index (χ3n) is 3.22. The molecule has 1 heterocycles. The Hall–Kier alpha value is -2.27. The largest absolute Gasteiger partial charge is 0.486 e. The quantitative estimate of drug-likeness (QED) is 0.942. The van der Waals surface area contributed by atoms with Crippen molar-refractivity contribution in [2.45, 2.75) is 6.42 Å². The lowest BCUT2D eigenvalue weighted by molar-refractivity contribution is -0.115. The number of carbonyl (C=O) groups excluding carboxylic acids is 1. The molecule has 0 fully saturated rings. The molecule has 0 unspecified atom stereocenters. The second kappa shape index (κ2) is 6.23. The van der Waals surface area contributed by atoms with Crippen LogP contribution in [0.1, 0.15) is 5.56 Å². The van der Waals surface area contributed by atoms with E-state index >= 15 is 0 Å². The first kappa shape index (κ1) is 14.7. The monoisotopic (exact) mass is 321 g/mol. The van der Waals surface area contributed by atoms with Crippen LogP contribution in [-0.4, -0.2) is 19.1 Å². The van der Waals surface area contributed by atoms with Crippen molar-refractivity contribution in [3.05, 3.63) is 52.8 Å². The zero-order valence-electron chi connectivity index (χ0n) is 11.6. The molecule has 0 spiro atoms. The van der Waals surface area contributed by atoms with E-state index in [-0.39, 0.29) is 22.9 Å². The summed E-state index contributed by atoms with van der Waals surface area (Å²) >= 11 is 5.91. The van der Waals surface area contributed by atoms with E-state index in [0.717, 1.165) is 0 Å². The predicted molar refractivity (Wildman–Crippen MR) is 81.2 cm³/mol. The van der Waals surface area contributed by atoms with Crippen LogP contribution < -0.4 is 14.8 Å². The first-order chi connectivity index (χ1) is 10.6. The van der Waals surface area contributed by atoms with Gasteiger partial charge < -0.3 is 14.8 Å². The van der Waals surface area contributed by atoms with Crippen LogP contribution in [0.4, 0.5) is 10.1 Å². The van der Waals surface area contributed by atoms with Gasteiger partial charge in [-0.05, 0) is 24.3 Å². The number of nitrogens with one attached hydrogen (secondary N) is 1. The number of amides is 1. The standard InChI is InChI=1S/C16H13ClFNO3/c17-12-2-1-3-13(18)11(12)9-16(20)19-10-4-5-14-15(8-10)22-7-6-21-14/h1-5,8H,6-7,9H2,(H,19,20). The maximum atomic E-state index is 13.7. The number of carbonyl (C=O) groups is 1. The molecule has 1 aliphatic rings. The van der Waals surface area contributed by atoms with Gasteiger partial charge in [0.15, 0.2) is 11.5 Å². The minimum Gasteiger partial charge on any atom is -0.486 e. The molecule has 0 aromatic heterocycles. The van der Waals surface area contributed by atoms with Gasteiger partial charge >= 0.3 is 0 Å². The van der Waals surface area contributed by atoms with Crippen LogP contribution in [0.5, 0.6) is 11.5 Å². The smallest absolute Gasteiger partial charge is 0.228 e. The Morgan fingerprint density at radius 2 is 1.95 bits per heavy atom. The summed E-state index contributed by atoms with van der Waals surface area (Å²) in [5.74, 6) is 0.364. The van der Waals surface area contributed by atoms with Crippen molar-refractivity contribution in [1.29, 1.82) is 0 Å². The number of halogens is 2. The van der Waals surface area contributed by atoms with Crippen LogP contribution in [0.3, 0.4) is 0 Å². The van der Waals surface area contributed by atoms with E-state index < -0.39 is 5.82 Å². The Balaban J connectivity index is 1.72. The molecule has 1 N–H and O–H groups in total. The van der Waals surface area contributed by atoms with Crippen molar-refractivity contribution in [2.24, 2.45) is 0 Å². The van der Waals surface area contributed by atoms with E-state index in [1.165, 1.54) is 12.1 Å². The van der Waals surface area contributed by atoms with Gasteiger partial charge in [0, 0.05) is 22.3 Å². The van der Waals surface area contributed by atoms with Crippen molar-refractivity contribution < 1.29 is 18.7 Å². The summed E-state index contributed by atoms with van der Waals surface area (Å²) in [4.78, 5) is 12.0. The lowest BCUT2D eigenvalue weighted by Gasteiger charge is -2.19. The summed E-state index contributed by atoms with van der Waals surface area (Å²) in [6.45, 7) is 0.972. The zero-order valence-corrected chi connectivity index (χ0v) is 12.3. The second-order valence-electron chi connectivity index (χ2n) is 4.78. The topological polar surface area (TPSA) is 47.6 Å². The molecule has 1 aliphatic heterocycles. The molecule has 0 atom stereocenters. The summed E-state index contributed by atoms with van der Waals surface area (Å²) < 4.78 is 24.5. The Morgan fingerprint density at radius 3 is 2.73 bits per heavy atom. The lowest BCUT2D eigenvalue weighted by atomic mass is 10.1. The first-order valence-electron chi connectivity index (χ1n) is 6.76. The van der Waals surface area contributed by atoms with E-state index in [1.54, 1.807) is 24.3 Å². The van der Waals surface area contributed by atoms with E-state index in [4.69, 9.17) is 21.1 Å². The number of ether oxygens (including phenoxy) is 2. The normalized spacial score (nSPS) is 12.8. The molecule has 0 saturated carbocycles. The minimum atomic E-state index is -0.496. The highest BCUT2D eigenvalue weighted by atomic mass is 35.5. The summed E-state index contributed by atoms with van der Waals surface area (Å²) in [7, 11) is 0. The highest BCUT2D eigenvalue weighted by molar-refractivity contribution is 6.31. The fourth-order valence-electron chi connectivity index (χ4n) is 2.19. The molecule has 2 aromatic rings. The number of anilines is 1. The lowest BCUT2D eigenvalue weighted by Crippen LogP contribution is -2.17. The number of rotatable bonds is 3. The molecule has 4 nitrogen and oxygen atoms in total. The highest BCUT2D eigenvalue weighted by Gasteiger charge is 2.15. The van der Waals surface area contributed by atoms with Crippen molar-refractivity contribution in [1.82, 2.24) is 0 Å². The molecule has 114 valence electrons. The van der Waals surface area contributed by atoms with Gasteiger partial charge in [0.25, 0.3) is 0 Å². The molecule has 22 heavy (non-hydrogen) atoms. The molecule has 2 aromatic carbocycles. The van der Waals surface area contributed by atoms with Gasteiger partial charge in [0.05, 0.1) is 6.42 Å². The van der Waals surface area contributed by atoms with Crippen molar-refractivity contribution >= 4 is 23.2 Å². The van der Waals surface area contributed by atoms with E-state index in [1.807, 2.05) is 0 Å². The third-order valence-corrected chi connectivity index (χ3v) is 3.58. The summed E-state index contributed by atoms with van der Waals surface area (Å²) in [6.07, 6.45) is -0.139. The van der Waals surface area contributed by atoms with E-state index in [0.29, 0.717) is 30.4 Å². The molecule has 0 aliphatic carbocycles. The maximum absolute atomic E-state index is 13.7. The van der Waals surface area contributed by atoms with Crippen LogP contribution >= 0.6 is 11.6 Å². The summed E-state index contributed by atoms with van der Waals surface area (Å²) in [5, 5.41) is 2.93. The van der Waals surface area contributed by atoms with Crippen LogP contribution in [0.2, 0.25) is 5.02 Å². The van der Waals surface area contributed by atoms with Crippen LogP contribution in [0.25, 0.3) is 0 Å². The van der Waals surface area contributed by atoms with Crippen LogP contribution in [0.15, 0.2) is 36.4 Å². The number of benzene rings is 2. The highest BCUT2D eigenvalue weighted by Crippen LogP contribution is 2.32. The Morgan fingerprint density at radius 1 is 1.18 bits per heavy atom. The molecule has 0 radical (unpaired) electrons. The fourth-order valence-corrected chi connectivity index (χ4v) is 2.42. The SMILES string of the molecule is O=C(Cc1c(F)cccc1Cl)Nc1ccc2c(c1)OCCO2. The second-order valence-corrected chi connectivity index (χ2v) is 5.19. The fraction of sp³-hybridized carbons (Fsp3) is 0.188. The third kappa shape index (κ3) is 3.14. The number of hydrogen-bond acceptors (Lipinski definition) is 3. The molecule has 0 bridgehead atoms. The Kier molecular flexibility index (Phi) is 4.15. The van der Waals surface area contributed by atoms with E-state index in [9.17, 15) is 9.18 Å².